The number of hydrogen-bond donors (Lipinski definition) is 2. The van der Waals surface area contributed by atoms with Crippen molar-refractivity contribution in [3.05, 3.63) is 0 Å². The van der Waals surface area contributed by atoms with Gasteiger partial charge in [0.05, 0.1) is 13.2 Å². The van der Waals surface area contributed by atoms with Gasteiger partial charge in [-0.3, -0.25) is 9.89 Å². The highest BCUT2D eigenvalue weighted by Crippen LogP contribution is 2.33. The molecule has 5 nitrogen and oxygen atoms in total. The van der Waals surface area contributed by atoms with Crippen LogP contribution in [-0.4, -0.2) is 73.8 Å². The van der Waals surface area contributed by atoms with Gasteiger partial charge in [-0.25, -0.2) is 0 Å². The van der Waals surface area contributed by atoms with Crippen LogP contribution in [0.1, 0.15) is 38.5 Å². The van der Waals surface area contributed by atoms with Crippen LogP contribution in [0.3, 0.4) is 0 Å². The lowest BCUT2D eigenvalue weighted by Crippen LogP contribution is -2.60. The predicted molar refractivity (Wildman–Crippen MR) is 98.4 cm³/mol. The molecule has 2 heterocycles. The Bertz CT molecular complexity index is 386. The summed E-state index contributed by atoms with van der Waals surface area (Å²) in [5, 5.41) is 7.28. The second kappa shape index (κ2) is 8.58. The van der Waals surface area contributed by atoms with E-state index in [2.05, 4.69) is 32.3 Å². The van der Waals surface area contributed by atoms with Gasteiger partial charge in [0.25, 0.3) is 0 Å². The number of nitrogens with one attached hydrogen (secondary N) is 2. The minimum Gasteiger partial charge on any atom is -0.379 e. The number of aliphatic imine (C=N–C) groups is 1. The SMILES string of the molecule is CN=C(NCC1(N2CCOCC2)CCSC1)NC1CCCCC1. The van der Waals surface area contributed by atoms with Crippen LogP contribution in [0.4, 0.5) is 0 Å². The van der Waals surface area contributed by atoms with Crippen molar-refractivity contribution < 1.29 is 4.74 Å². The number of rotatable bonds is 4. The molecule has 0 aromatic carbocycles. The van der Waals surface area contributed by atoms with E-state index in [1.54, 1.807) is 0 Å². The molecule has 23 heavy (non-hydrogen) atoms. The summed E-state index contributed by atoms with van der Waals surface area (Å²) in [6, 6.07) is 0.604. The van der Waals surface area contributed by atoms with Crippen LogP contribution in [-0.2, 0) is 4.74 Å². The number of hydrogen-bond acceptors (Lipinski definition) is 4. The first-order valence-corrected chi connectivity index (χ1v) is 10.4. The van der Waals surface area contributed by atoms with Crippen molar-refractivity contribution in [3.8, 4) is 0 Å². The lowest BCUT2D eigenvalue weighted by atomic mass is 9.95. The number of thioether (sulfide) groups is 1. The van der Waals surface area contributed by atoms with Crippen molar-refractivity contribution in [3.63, 3.8) is 0 Å². The molecule has 3 rings (SSSR count). The summed E-state index contributed by atoms with van der Waals surface area (Å²) < 4.78 is 5.55. The summed E-state index contributed by atoms with van der Waals surface area (Å²) in [5.74, 6) is 3.48. The Morgan fingerprint density at radius 2 is 2.04 bits per heavy atom. The van der Waals surface area contributed by atoms with E-state index in [1.807, 2.05) is 7.05 Å². The van der Waals surface area contributed by atoms with Crippen LogP contribution in [0.25, 0.3) is 0 Å². The minimum absolute atomic E-state index is 0.276. The summed E-state index contributed by atoms with van der Waals surface area (Å²) in [5.41, 5.74) is 0.276. The molecule has 0 bridgehead atoms. The molecule has 3 fully saturated rings. The number of morpholine rings is 1. The Hall–Kier alpha value is -0.460. The molecule has 0 aromatic rings. The maximum Gasteiger partial charge on any atom is 0.191 e. The lowest BCUT2D eigenvalue weighted by molar-refractivity contribution is -0.0120. The first kappa shape index (κ1) is 17.4. The molecular formula is C17H32N4OS. The molecule has 1 aliphatic carbocycles. The third-order valence-electron chi connectivity index (χ3n) is 5.52. The molecule has 6 heteroatoms. The van der Waals surface area contributed by atoms with Crippen molar-refractivity contribution in [1.29, 1.82) is 0 Å². The Labute approximate surface area is 145 Å². The Kier molecular flexibility index (Phi) is 6.48. The number of ether oxygens (including phenoxy) is 1. The third kappa shape index (κ3) is 4.54. The summed E-state index contributed by atoms with van der Waals surface area (Å²) in [6.45, 7) is 4.88. The Morgan fingerprint density at radius 1 is 1.26 bits per heavy atom. The molecule has 0 spiro atoms. The zero-order valence-corrected chi connectivity index (χ0v) is 15.3. The third-order valence-corrected chi connectivity index (χ3v) is 6.75. The smallest absolute Gasteiger partial charge is 0.191 e. The van der Waals surface area contributed by atoms with E-state index in [9.17, 15) is 0 Å². The average molecular weight is 341 g/mol. The van der Waals surface area contributed by atoms with Gasteiger partial charge in [0.2, 0.25) is 0 Å². The van der Waals surface area contributed by atoms with Crippen LogP contribution in [0.15, 0.2) is 4.99 Å². The van der Waals surface area contributed by atoms with Gasteiger partial charge < -0.3 is 15.4 Å². The standard InChI is InChI=1S/C17H32N4OS/c1-18-16(20-15-5-3-2-4-6-15)19-13-17(7-12-23-14-17)21-8-10-22-11-9-21/h15H,2-14H2,1H3,(H2,18,19,20). The van der Waals surface area contributed by atoms with Gasteiger partial charge in [0.15, 0.2) is 5.96 Å². The summed E-state index contributed by atoms with van der Waals surface area (Å²) in [6.07, 6.45) is 7.93. The van der Waals surface area contributed by atoms with E-state index in [0.29, 0.717) is 6.04 Å². The van der Waals surface area contributed by atoms with Crippen LogP contribution in [0.5, 0.6) is 0 Å². The van der Waals surface area contributed by atoms with Crippen molar-refractivity contribution in [2.45, 2.75) is 50.1 Å². The normalized spacial score (nSPS) is 31.3. The second-order valence-electron chi connectivity index (χ2n) is 7.03. The highest BCUT2D eigenvalue weighted by Gasteiger charge is 2.40. The van der Waals surface area contributed by atoms with E-state index < -0.39 is 0 Å². The van der Waals surface area contributed by atoms with Gasteiger partial charge in [0, 0.05) is 44.0 Å². The van der Waals surface area contributed by atoms with Crippen molar-refractivity contribution in [2.75, 3.05) is 51.4 Å². The highest BCUT2D eigenvalue weighted by atomic mass is 32.2. The molecule has 1 saturated carbocycles. The zero-order chi connectivity index (χ0) is 16.0. The van der Waals surface area contributed by atoms with Crippen molar-refractivity contribution in [2.24, 2.45) is 4.99 Å². The van der Waals surface area contributed by atoms with Gasteiger partial charge in [0.1, 0.15) is 0 Å². The van der Waals surface area contributed by atoms with E-state index in [1.165, 1.54) is 50.0 Å². The van der Waals surface area contributed by atoms with Gasteiger partial charge in [-0.1, -0.05) is 19.3 Å². The molecule has 3 aliphatic rings. The van der Waals surface area contributed by atoms with Crippen LogP contribution >= 0.6 is 11.8 Å². The first-order valence-electron chi connectivity index (χ1n) is 9.20. The number of nitrogens with zero attached hydrogens (tertiary/aromatic N) is 2. The number of guanidine groups is 1. The fourth-order valence-electron chi connectivity index (χ4n) is 4.02. The van der Waals surface area contributed by atoms with Crippen LogP contribution in [0.2, 0.25) is 0 Å². The summed E-state index contributed by atoms with van der Waals surface area (Å²) in [7, 11) is 1.89. The molecule has 2 aliphatic heterocycles. The van der Waals surface area contributed by atoms with E-state index in [0.717, 1.165) is 38.8 Å². The molecule has 2 N–H and O–H groups in total. The second-order valence-corrected chi connectivity index (χ2v) is 8.14. The molecule has 0 radical (unpaired) electrons. The first-order chi connectivity index (χ1) is 11.3. The van der Waals surface area contributed by atoms with E-state index in [-0.39, 0.29) is 5.54 Å². The fourth-order valence-corrected chi connectivity index (χ4v) is 5.50. The largest absolute Gasteiger partial charge is 0.379 e. The average Bonchev–Trinajstić information content (AvgIpc) is 3.10. The quantitative estimate of drug-likeness (QED) is 0.602. The van der Waals surface area contributed by atoms with Gasteiger partial charge in [-0.2, -0.15) is 11.8 Å². The van der Waals surface area contributed by atoms with Gasteiger partial charge >= 0.3 is 0 Å². The maximum absolute atomic E-state index is 5.55. The molecule has 1 atom stereocenters. The molecule has 2 saturated heterocycles. The molecular weight excluding hydrogens is 308 g/mol. The van der Waals surface area contributed by atoms with E-state index in [4.69, 9.17) is 4.74 Å². The topological polar surface area (TPSA) is 48.9 Å². The van der Waals surface area contributed by atoms with Crippen LogP contribution < -0.4 is 10.6 Å². The highest BCUT2D eigenvalue weighted by molar-refractivity contribution is 7.99. The fraction of sp³-hybridized carbons (Fsp3) is 0.941. The molecule has 1 unspecified atom stereocenters. The van der Waals surface area contributed by atoms with Crippen LogP contribution in [0, 0.1) is 0 Å². The molecule has 0 aromatic heterocycles. The van der Waals surface area contributed by atoms with Crippen molar-refractivity contribution in [1.82, 2.24) is 15.5 Å². The van der Waals surface area contributed by atoms with Crippen molar-refractivity contribution >= 4 is 17.7 Å². The minimum atomic E-state index is 0.276. The Balaban J connectivity index is 1.54. The lowest BCUT2D eigenvalue weighted by Gasteiger charge is -2.43. The Morgan fingerprint density at radius 3 is 2.70 bits per heavy atom. The van der Waals surface area contributed by atoms with Gasteiger partial charge in [-0.15, -0.1) is 0 Å². The summed E-state index contributed by atoms with van der Waals surface area (Å²) in [4.78, 5) is 7.11. The van der Waals surface area contributed by atoms with E-state index >= 15 is 0 Å². The zero-order valence-electron chi connectivity index (χ0n) is 14.5. The summed E-state index contributed by atoms with van der Waals surface area (Å²) >= 11 is 2.09. The molecule has 0 amide bonds. The monoisotopic (exact) mass is 340 g/mol. The molecule has 132 valence electrons. The van der Waals surface area contributed by atoms with Gasteiger partial charge in [-0.05, 0) is 25.0 Å². The maximum atomic E-state index is 5.55. The predicted octanol–water partition coefficient (Wildman–Crippen LogP) is 1.69.